The van der Waals surface area contributed by atoms with E-state index in [1.54, 1.807) is 40.9 Å². The lowest BCUT2D eigenvalue weighted by Crippen LogP contribution is -2.37. The zero-order valence-corrected chi connectivity index (χ0v) is 18.4. The molecule has 0 saturated carbocycles. The zero-order chi connectivity index (χ0) is 21.1. The number of carbonyl (C=O) groups excluding carboxylic acids is 2. The van der Waals surface area contributed by atoms with Gasteiger partial charge in [0.1, 0.15) is 0 Å². The Kier molecular flexibility index (Phi) is 6.36. The maximum atomic E-state index is 13.4. The number of fused-ring (bicyclic) bond motifs is 1. The quantitative estimate of drug-likeness (QED) is 0.410. The molecule has 1 fully saturated rings. The van der Waals surface area contributed by atoms with E-state index in [0.29, 0.717) is 22.8 Å². The Morgan fingerprint density at radius 2 is 2.00 bits per heavy atom. The van der Waals surface area contributed by atoms with Crippen LogP contribution in [0.1, 0.15) is 33.6 Å². The van der Waals surface area contributed by atoms with Gasteiger partial charge < -0.3 is 9.47 Å². The van der Waals surface area contributed by atoms with E-state index < -0.39 is 5.97 Å². The fraction of sp³-hybridized carbons (Fsp3) is 0.318. The summed E-state index contributed by atoms with van der Waals surface area (Å²) in [6.45, 7) is 1.17. The third-order valence-corrected chi connectivity index (χ3v) is 6.84. The van der Waals surface area contributed by atoms with E-state index in [1.165, 1.54) is 18.4 Å². The van der Waals surface area contributed by atoms with Crippen LogP contribution in [-0.2, 0) is 9.47 Å². The average Bonchev–Trinajstić information content (AvgIpc) is 3.45. The molecule has 2 aromatic carbocycles. The molecule has 1 aromatic heterocycles. The van der Waals surface area contributed by atoms with Crippen LogP contribution in [0.2, 0.25) is 0 Å². The first-order valence-corrected chi connectivity index (χ1v) is 11.7. The number of hydrogen-bond acceptors (Lipinski definition) is 7. The molecule has 3 aromatic rings. The molecule has 2 heterocycles. The third-order valence-electron chi connectivity index (χ3n) is 5.03. The van der Waals surface area contributed by atoms with Gasteiger partial charge in [0.25, 0.3) is 5.91 Å². The molecule has 156 valence electrons. The van der Waals surface area contributed by atoms with Crippen molar-refractivity contribution < 1.29 is 19.1 Å². The molecular formula is C22H22N2O4S2. The Balaban J connectivity index is 1.69. The molecule has 1 atom stereocenters. The van der Waals surface area contributed by atoms with Crippen LogP contribution in [0, 0.1) is 0 Å². The number of benzene rings is 2. The average molecular weight is 443 g/mol. The normalized spacial score (nSPS) is 16.0. The van der Waals surface area contributed by atoms with Crippen LogP contribution in [0.4, 0.5) is 5.13 Å². The lowest BCUT2D eigenvalue weighted by Gasteiger charge is -2.23. The minimum Gasteiger partial charge on any atom is -0.465 e. The molecule has 1 saturated heterocycles. The smallest absolute Gasteiger partial charge is 0.337 e. The van der Waals surface area contributed by atoms with Crippen LogP contribution in [0.25, 0.3) is 10.2 Å². The summed E-state index contributed by atoms with van der Waals surface area (Å²) in [5.41, 5.74) is 1.81. The van der Waals surface area contributed by atoms with E-state index in [2.05, 4.69) is 0 Å². The van der Waals surface area contributed by atoms with Crippen molar-refractivity contribution in [1.29, 1.82) is 0 Å². The van der Waals surface area contributed by atoms with Gasteiger partial charge in [-0.25, -0.2) is 9.78 Å². The van der Waals surface area contributed by atoms with Gasteiger partial charge in [0.05, 0.1) is 35.5 Å². The number of methoxy groups -OCH3 is 1. The van der Waals surface area contributed by atoms with Crippen LogP contribution in [0.3, 0.4) is 0 Å². The van der Waals surface area contributed by atoms with Crippen LogP contribution < -0.4 is 4.90 Å². The summed E-state index contributed by atoms with van der Waals surface area (Å²) >= 11 is 3.14. The van der Waals surface area contributed by atoms with Crippen molar-refractivity contribution in [2.24, 2.45) is 0 Å². The molecule has 0 bridgehead atoms. The number of nitrogens with zero attached hydrogens (tertiary/aromatic N) is 2. The van der Waals surface area contributed by atoms with Crippen molar-refractivity contribution in [3.8, 4) is 0 Å². The highest BCUT2D eigenvalue weighted by Crippen LogP contribution is 2.35. The third kappa shape index (κ3) is 4.21. The molecule has 4 rings (SSSR count). The molecule has 1 unspecified atom stereocenters. The SMILES string of the molecule is COC(=O)c1ccc(C(=O)N(CC2CCCO2)c2nc3c(SC)cccc3s2)cc1. The van der Waals surface area contributed by atoms with Crippen molar-refractivity contribution in [1.82, 2.24) is 4.98 Å². The summed E-state index contributed by atoms with van der Waals surface area (Å²) < 4.78 is 11.6. The van der Waals surface area contributed by atoms with Gasteiger partial charge in [0.2, 0.25) is 0 Å². The van der Waals surface area contributed by atoms with Gasteiger partial charge in [-0.15, -0.1) is 11.8 Å². The fourth-order valence-corrected chi connectivity index (χ4v) is 5.08. The van der Waals surface area contributed by atoms with Gasteiger partial charge >= 0.3 is 5.97 Å². The van der Waals surface area contributed by atoms with E-state index in [4.69, 9.17) is 14.5 Å². The van der Waals surface area contributed by atoms with E-state index in [0.717, 1.165) is 34.6 Å². The van der Waals surface area contributed by atoms with Crippen molar-refractivity contribution in [2.45, 2.75) is 23.8 Å². The second-order valence-electron chi connectivity index (χ2n) is 6.92. The molecule has 0 spiro atoms. The largest absolute Gasteiger partial charge is 0.465 e. The van der Waals surface area contributed by atoms with Crippen molar-refractivity contribution >= 4 is 50.3 Å². The monoisotopic (exact) mass is 442 g/mol. The van der Waals surface area contributed by atoms with Crippen LogP contribution in [-0.4, -0.2) is 49.5 Å². The van der Waals surface area contributed by atoms with Crippen molar-refractivity contribution in [3.63, 3.8) is 0 Å². The molecule has 6 nitrogen and oxygen atoms in total. The number of aromatic nitrogens is 1. The highest BCUT2D eigenvalue weighted by atomic mass is 32.2. The van der Waals surface area contributed by atoms with E-state index in [1.807, 2.05) is 24.5 Å². The standard InChI is InChI=1S/C22H22N2O4S2/c1-27-21(26)15-10-8-14(9-11-15)20(25)24(13-16-5-4-12-28-16)22-23-19-17(29-2)6-3-7-18(19)30-22/h3,6-11,16H,4-5,12-13H2,1-2H3. The van der Waals surface area contributed by atoms with Crippen LogP contribution in [0.5, 0.6) is 0 Å². The molecule has 30 heavy (non-hydrogen) atoms. The predicted octanol–water partition coefficient (Wildman–Crippen LogP) is 4.63. The molecule has 1 aliphatic rings. The second kappa shape index (κ2) is 9.16. The van der Waals surface area contributed by atoms with E-state index in [9.17, 15) is 9.59 Å². The molecular weight excluding hydrogens is 420 g/mol. The molecule has 0 aliphatic carbocycles. The zero-order valence-electron chi connectivity index (χ0n) is 16.8. The number of rotatable bonds is 6. The first kappa shape index (κ1) is 20.8. The minimum absolute atomic E-state index is 0.00433. The number of anilines is 1. The molecule has 0 N–H and O–H groups in total. The summed E-state index contributed by atoms with van der Waals surface area (Å²) in [5, 5.41) is 0.657. The lowest BCUT2D eigenvalue weighted by atomic mass is 10.1. The summed E-state index contributed by atoms with van der Waals surface area (Å²) in [4.78, 5) is 32.7. The molecule has 0 radical (unpaired) electrons. The summed E-state index contributed by atoms with van der Waals surface area (Å²) in [6, 6.07) is 12.6. The highest BCUT2D eigenvalue weighted by Gasteiger charge is 2.27. The first-order chi connectivity index (χ1) is 14.6. The Bertz CT molecular complexity index is 1060. The number of esters is 1. The van der Waals surface area contributed by atoms with Crippen LogP contribution >= 0.6 is 23.1 Å². The Hall–Kier alpha value is -2.42. The maximum Gasteiger partial charge on any atom is 0.337 e. The lowest BCUT2D eigenvalue weighted by molar-refractivity contribution is 0.0600. The Morgan fingerprint density at radius 3 is 2.67 bits per heavy atom. The van der Waals surface area contributed by atoms with Gasteiger partial charge in [-0.1, -0.05) is 17.4 Å². The number of thiazole rings is 1. The van der Waals surface area contributed by atoms with Gasteiger partial charge in [-0.3, -0.25) is 9.69 Å². The Morgan fingerprint density at radius 1 is 1.23 bits per heavy atom. The predicted molar refractivity (Wildman–Crippen MR) is 120 cm³/mol. The van der Waals surface area contributed by atoms with Gasteiger partial charge in [-0.2, -0.15) is 0 Å². The Labute approximate surface area is 183 Å². The molecule has 8 heteroatoms. The number of amides is 1. The van der Waals surface area contributed by atoms with Gasteiger partial charge in [0, 0.05) is 17.1 Å². The van der Waals surface area contributed by atoms with E-state index in [-0.39, 0.29) is 12.0 Å². The maximum absolute atomic E-state index is 13.4. The number of hydrogen-bond donors (Lipinski definition) is 0. The summed E-state index contributed by atoms with van der Waals surface area (Å²) in [7, 11) is 1.33. The van der Waals surface area contributed by atoms with Gasteiger partial charge in [0.15, 0.2) is 5.13 Å². The van der Waals surface area contributed by atoms with Crippen molar-refractivity contribution in [2.75, 3.05) is 31.4 Å². The van der Waals surface area contributed by atoms with Crippen LogP contribution in [0.15, 0.2) is 47.4 Å². The molecule has 1 amide bonds. The number of carbonyl (C=O) groups is 2. The minimum atomic E-state index is -0.430. The highest BCUT2D eigenvalue weighted by molar-refractivity contribution is 7.98. The topological polar surface area (TPSA) is 68.7 Å². The fourth-order valence-electron chi connectivity index (χ4n) is 3.45. The number of thioether (sulfide) groups is 1. The van der Waals surface area contributed by atoms with Crippen molar-refractivity contribution in [3.05, 3.63) is 53.6 Å². The summed E-state index contributed by atoms with van der Waals surface area (Å²) in [6.07, 6.45) is 3.94. The summed E-state index contributed by atoms with van der Waals surface area (Å²) in [5.74, 6) is -0.590. The van der Waals surface area contributed by atoms with E-state index >= 15 is 0 Å². The van der Waals surface area contributed by atoms with Gasteiger partial charge in [-0.05, 0) is 55.5 Å². The molecule has 1 aliphatic heterocycles. The first-order valence-electron chi connectivity index (χ1n) is 9.66. The second-order valence-corrected chi connectivity index (χ2v) is 8.78. The number of para-hydroxylation sites is 1. The number of ether oxygens (including phenoxy) is 2.